The fourth-order valence-corrected chi connectivity index (χ4v) is 4.79. The van der Waals surface area contributed by atoms with Gasteiger partial charge in [-0.1, -0.05) is 0 Å². The van der Waals surface area contributed by atoms with E-state index >= 15 is 0 Å². The quantitative estimate of drug-likeness (QED) is 0.651. The molecule has 5 heterocycles. The second-order valence-corrected chi connectivity index (χ2v) is 9.35. The van der Waals surface area contributed by atoms with Gasteiger partial charge in [0.1, 0.15) is 17.3 Å². The highest BCUT2D eigenvalue weighted by molar-refractivity contribution is 5.81. The van der Waals surface area contributed by atoms with Crippen molar-refractivity contribution in [2.75, 3.05) is 31.1 Å². The van der Waals surface area contributed by atoms with E-state index in [9.17, 15) is 13.6 Å². The Morgan fingerprint density at radius 1 is 1.09 bits per heavy atom. The van der Waals surface area contributed by atoms with Gasteiger partial charge in [-0.15, -0.1) is 0 Å². The maximum Gasteiger partial charge on any atom is 0.267 e. The molecule has 0 bridgehead atoms. The van der Waals surface area contributed by atoms with Crippen LogP contribution in [0.1, 0.15) is 43.8 Å². The Bertz CT molecular complexity index is 1210. The number of imidazole rings is 1. The lowest BCUT2D eigenvalue weighted by atomic mass is 9.96. The zero-order chi connectivity index (χ0) is 22.6. The van der Waals surface area contributed by atoms with E-state index in [1.54, 1.807) is 6.20 Å². The van der Waals surface area contributed by atoms with Crippen molar-refractivity contribution in [2.24, 2.45) is 5.92 Å². The molecule has 3 aliphatic rings. The van der Waals surface area contributed by atoms with Gasteiger partial charge < -0.3 is 14.8 Å². The molecule has 1 atom stereocenters. The summed E-state index contributed by atoms with van der Waals surface area (Å²) in [5.41, 5.74) is 2.14. The minimum absolute atomic E-state index is 0.133. The number of likely N-dealkylation sites (tertiary alicyclic amines) is 1. The molecule has 0 radical (unpaired) electrons. The van der Waals surface area contributed by atoms with Crippen LogP contribution >= 0.6 is 0 Å². The topological polar surface area (TPSA) is 90.9 Å². The first-order valence-electron chi connectivity index (χ1n) is 11.6. The Morgan fingerprint density at radius 3 is 2.76 bits per heavy atom. The molecule has 3 aromatic heterocycles. The molecule has 8 nitrogen and oxygen atoms in total. The van der Waals surface area contributed by atoms with Gasteiger partial charge in [0, 0.05) is 38.2 Å². The van der Waals surface area contributed by atoms with Gasteiger partial charge in [-0.3, -0.25) is 4.79 Å². The zero-order valence-corrected chi connectivity index (χ0v) is 18.2. The molecule has 6 rings (SSSR count). The largest absolute Gasteiger partial charge is 0.356 e. The maximum absolute atomic E-state index is 13.6. The van der Waals surface area contributed by atoms with Crippen molar-refractivity contribution in [3.63, 3.8) is 0 Å². The third kappa shape index (κ3) is 4.02. The lowest BCUT2D eigenvalue weighted by Gasteiger charge is -2.34. The highest BCUT2D eigenvalue weighted by atomic mass is 19.3. The molecule has 2 saturated heterocycles. The molecule has 0 aromatic carbocycles. The first-order valence-corrected chi connectivity index (χ1v) is 11.6. The molecule has 3 fully saturated rings. The average molecular weight is 453 g/mol. The van der Waals surface area contributed by atoms with E-state index in [1.165, 1.54) is 4.90 Å². The van der Waals surface area contributed by atoms with Crippen molar-refractivity contribution in [3.8, 4) is 11.5 Å². The fraction of sp³-hybridized carbons (Fsp3) is 0.522. The van der Waals surface area contributed by atoms with Gasteiger partial charge in [0.15, 0.2) is 11.5 Å². The third-order valence-electron chi connectivity index (χ3n) is 6.77. The molecular weight excluding hydrogens is 428 g/mol. The van der Waals surface area contributed by atoms with Crippen LogP contribution < -0.4 is 4.90 Å². The number of aromatic nitrogens is 5. The van der Waals surface area contributed by atoms with Gasteiger partial charge in [-0.05, 0) is 43.9 Å². The Morgan fingerprint density at radius 2 is 1.97 bits per heavy atom. The molecule has 1 amide bonds. The van der Waals surface area contributed by atoms with Crippen LogP contribution in [0.2, 0.25) is 0 Å². The van der Waals surface area contributed by atoms with Crippen LogP contribution in [0.4, 0.5) is 14.6 Å². The van der Waals surface area contributed by atoms with Gasteiger partial charge in [-0.25, -0.2) is 28.7 Å². The SMILES string of the molecule is O=C(C1CCCN(c2ccc3[nH]c(-c4ccnc(C5CC5)n4)nc3n2)C1)N1CCC(F)(F)C1. The van der Waals surface area contributed by atoms with Gasteiger partial charge in [0.05, 0.1) is 18.0 Å². The number of nitrogens with zero attached hydrogens (tertiary/aromatic N) is 6. The number of pyridine rings is 1. The summed E-state index contributed by atoms with van der Waals surface area (Å²) in [6.07, 6.45) is 5.31. The number of hydrogen-bond donors (Lipinski definition) is 1. The summed E-state index contributed by atoms with van der Waals surface area (Å²) in [6, 6.07) is 5.69. The Labute approximate surface area is 189 Å². The van der Waals surface area contributed by atoms with Crippen molar-refractivity contribution in [2.45, 2.75) is 43.9 Å². The highest BCUT2D eigenvalue weighted by Gasteiger charge is 2.42. The summed E-state index contributed by atoms with van der Waals surface area (Å²) in [5.74, 6) is -0.511. The fourth-order valence-electron chi connectivity index (χ4n) is 4.79. The number of hydrogen-bond acceptors (Lipinski definition) is 6. The predicted octanol–water partition coefficient (Wildman–Crippen LogP) is 3.38. The van der Waals surface area contributed by atoms with Crippen molar-refractivity contribution in [1.29, 1.82) is 0 Å². The van der Waals surface area contributed by atoms with E-state index in [-0.39, 0.29) is 24.8 Å². The predicted molar refractivity (Wildman–Crippen MR) is 118 cm³/mol. The summed E-state index contributed by atoms with van der Waals surface area (Å²) in [7, 11) is 0. The third-order valence-corrected chi connectivity index (χ3v) is 6.77. The van der Waals surface area contributed by atoms with E-state index in [4.69, 9.17) is 4.98 Å². The Kier molecular flexibility index (Phi) is 4.77. The number of H-pyrrole nitrogens is 1. The van der Waals surface area contributed by atoms with Crippen molar-refractivity contribution in [3.05, 3.63) is 30.2 Å². The van der Waals surface area contributed by atoms with E-state index < -0.39 is 12.5 Å². The molecule has 1 N–H and O–H groups in total. The number of nitrogens with one attached hydrogen (secondary N) is 1. The number of halogens is 2. The Hall–Kier alpha value is -3.17. The van der Waals surface area contributed by atoms with Crippen LogP contribution in [-0.4, -0.2) is 67.8 Å². The summed E-state index contributed by atoms with van der Waals surface area (Å²) >= 11 is 0. The maximum atomic E-state index is 13.6. The molecule has 3 aromatic rings. The van der Waals surface area contributed by atoms with Crippen LogP contribution in [0.5, 0.6) is 0 Å². The molecule has 0 spiro atoms. The number of alkyl halides is 2. The van der Waals surface area contributed by atoms with E-state index in [0.717, 1.165) is 48.7 Å². The normalized spacial score (nSPS) is 22.8. The smallest absolute Gasteiger partial charge is 0.267 e. The number of anilines is 1. The second kappa shape index (κ2) is 7.71. The monoisotopic (exact) mass is 453 g/mol. The van der Waals surface area contributed by atoms with Gasteiger partial charge in [0.2, 0.25) is 5.91 Å². The summed E-state index contributed by atoms with van der Waals surface area (Å²) in [6.45, 7) is 0.919. The molecular formula is C23H25F2N7O. The first-order chi connectivity index (χ1) is 15.9. The van der Waals surface area contributed by atoms with Gasteiger partial charge in [0.25, 0.3) is 5.92 Å². The lowest BCUT2D eigenvalue weighted by molar-refractivity contribution is -0.136. The zero-order valence-electron chi connectivity index (χ0n) is 18.2. The summed E-state index contributed by atoms with van der Waals surface area (Å²) in [5, 5.41) is 0. The molecule has 1 saturated carbocycles. The number of aromatic amines is 1. The van der Waals surface area contributed by atoms with Crippen LogP contribution in [0.15, 0.2) is 24.4 Å². The van der Waals surface area contributed by atoms with Crippen LogP contribution in [0.3, 0.4) is 0 Å². The molecule has 1 aliphatic carbocycles. The van der Waals surface area contributed by atoms with Crippen LogP contribution in [-0.2, 0) is 4.79 Å². The number of rotatable bonds is 4. The number of piperidine rings is 1. The number of carbonyl (C=O) groups is 1. The second-order valence-electron chi connectivity index (χ2n) is 9.35. The highest BCUT2D eigenvalue weighted by Crippen LogP contribution is 2.38. The average Bonchev–Trinajstić information content (AvgIpc) is 3.49. The first kappa shape index (κ1) is 20.4. The number of amides is 1. The molecule has 2 aliphatic heterocycles. The Balaban J connectivity index is 1.20. The standard InChI is InChI=1S/C23H25F2N7O/c24-23(25)8-11-32(13-23)22(33)15-2-1-10-31(12-15)18-6-5-16-21(29-18)30-20(28-16)17-7-9-26-19(27-17)14-3-4-14/h5-7,9,14-15H,1-4,8,10-13H2,(H,28,29,30). The molecule has 1 unspecified atom stereocenters. The molecule has 10 heteroatoms. The molecule has 172 valence electrons. The lowest BCUT2D eigenvalue weighted by Crippen LogP contribution is -2.45. The van der Waals surface area contributed by atoms with Crippen molar-refractivity contribution in [1.82, 2.24) is 29.8 Å². The summed E-state index contributed by atoms with van der Waals surface area (Å²) in [4.78, 5) is 37.9. The van der Waals surface area contributed by atoms with E-state index in [2.05, 4.69) is 24.8 Å². The number of fused-ring (bicyclic) bond motifs is 1. The van der Waals surface area contributed by atoms with Crippen LogP contribution in [0, 0.1) is 5.92 Å². The van der Waals surface area contributed by atoms with E-state index in [0.29, 0.717) is 30.4 Å². The van der Waals surface area contributed by atoms with Crippen molar-refractivity contribution >= 4 is 22.9 Å². The van der Waals surface area contributed by atoms with E-state index in [1.807, 2.05) is 18.2 Å². The molecule has 33 heavy (non-hydrogen) atoms. The minimum Gasteiger partial charge on any atom is -0.356 e. The summed E-state index contributed by atoms with van der Waals surface area (Å²) < 4.78 is 27.1. The number of carbonyl (C=O) groups excluding carboxylic acids is 1. The van der Waals surface area contributed by atoms with Crippen molar-refractivity contribution < 1.29 is 13.6 Å². The minimum atomic E-state index is -2.77. The van der Waals surface area contributed by atoms with Gasteiger partial charge in [-0.2, -0.15) is 0 Å². The van der Waals surface area contributed by atoms with Gasteiger partial charge >= 0.3 is 0 Å². The van der Waals surface area contributed by atoms with Crippen LogP contribution in [0.25, 0.3) is 22.7 Å².